The van der Waals surface area contributed by atoms with Crippen molar-refractivity contribution in [2.75, 3.05) is 0 Å². The first-order valence-corrected chi connectivity index (χ1v) is 4.27. The molecule has 0 fully saturated rings. The van der Waals surface area contributed by atoms with Crippen LogP contribution < -0.4 is 0 Å². The molecule has 1 rings (SSSR count). The first-order valence-electron chi connectivity index (χ1n) is 3.48. The number of pyridine rings is 1. The maximum Gasteiger partial charge on any atom is 0.106 e. The smallest absolute Gasteiger partial charge is 0.106 e. The van der Waals surface area contributed by atoms with E-state index in [4.69, 9.17) is 5.26 Å². The lowest BCUT2D eigenvalue weighted by atomic mass is 10.2. The molecule has 0 bridgehead atoms. The highest BCUT2D eigenvalue weighted by Crippen LogP contribution is 2.07. The topological polar surface area (TPSA) is 36.7 Å². The maximum absolute atomic E-state index is 8.26. The molecule has 1 heterocycles. The third-order valence-electron chi connectivity index (χ3n) is 1.27. The van der Waals surface area contributed by atoms with Gasteiger partial charge in [-0.1, -0.05) is 18.2 Å². The molecular weight excluding hydrogens is 216 g/mol. The van der Waals surface area contributed by atoms with E-state index < -0.39 is 0 Å². The van der Waals surface area contributed by atoms with Crippen molar-refractivity contribution in [1.29, 1.82) is 5.26 Å². The van der Waals surface area contributed by atoms with E-state index in [0.717, 1.165) is 10.2 Å². The Morgan fingerprint density at radius 2 is 2.42 bits per heavy atom. The lowest BCUT2D eigenvalue weighted by molar-refractivity contribution is 1.26. The first-order chi connectivity index (χ1) is 5.83. The van der Waals surface area contributed by atoms with Gasteiger partial charge in [0.05, 0.1) is 12.5 Å². The Bertz CT molecular complexity index is 308. The first kappa shape index (κ1) is 8.95. The van der Waals surface area contributed by atoms with E-state index in [-0.39, 0.29) is 0 Å². The average Bonchev–Trinajstić information content (AvgIpc) is 2.09. The molecule has 0 aliphatic heterocycles. The molecule has 60 valence electrons. The Morgan fingerprint density at radius 3 is 3.00 bits per heavy atom. The van der Waals surface area contributed by atoms with Gasteiger partial charge >= 0.3 is 0 Å². The fourth-order valence-corrected chi connectivity index (χ4v) is 0.968. The van der Waals surface area contributed by atoms with Crippen molar-refractivity contribution in [3.63, 3.8) is 0 Å². The SMILES string of the molecule is N#CCC=Cc1ccc(Br)nc1. The van der Waals surface area contributed by atoms with Crippen LogP contribution in [0.15, 0.2) is 29.0 Å². The quantitative estimate of drug-likeness (QED) is 0.722. The zero-order valence-corrected chi connectivity index (χ0v) is 7.95. The van der Waals surface area contributed by atoms with Gasteiger partial charge in [-0.05, 0) is 27.6 Å². The van der Waals surface area contributed by atoms with E-state index in [9.17, 15) is 0 Å². The van der Waals surface area contributed by atoms with E-state index >= 15 is 0 Å². The Hall–Kier alpha value is -1.14. The Labute approximate surface area is 79.7 Å². The van der Waals surface area contributed by atoms with Gasteiger partial charge in [-0.3, -0.25) is 0 Å². The summed E-state index contributed by atoms with van der Waals surface area (Å²) in [5, 5.41) is 8.26. The predicted molar refractivity (Wildman–Crippen MR) is 51.2 cm³/mol. The van der Waals surface area contributed by atoms with Crippen LogP contribution in [0.5, 0.6) is 0 Å². The molecule has 0 saturated carbocycles. The number of allylic oxidation sites excluding steroid dienone is 1. The van der Waals surface area contributed by atoms with Crippen LogP contribution in [0.2, 0.25) is 0 Å². The summed E-state index contributed by atoms with van der Waals surface area (Å²) >= 11 is 3.24. The summed E-state index contributed by atoms with van der Waals surface area (Å²) in [5.41, 5.74) is 1.01. The van der Waals surface area contributed by atoms with Crippen LogP contribution in [-0.2, 0) is 0 Å². The highest BCUT2D eigenvalue weighted by Gasteiger charge is 1.87. The Kier molecular flexibility index (Phi) is 3.49. The van der Waals surface area contributed by atoms with E-state index in [1.807, 2.05) is 30.4 Å². The summed E-state index contributed by atoms with van der Waals surface area (Å²) in [6.45, 7) is 0. The van der Waals surface area contributed by atoms with E-state index in [0.29, 0.717) is 6.42 Å². The van der Waals surface area contributed by atoms with Crippen LogP contribution in [-0.4, -0.2) is 4.98 Å². The van der Waals surface area contributed by atoms with E-state index in [1.54, 1.807) is 6.20 Å². The van der Waals surface area contributed by atoms with Crippen molar-refractivity contribution in [2.45, 2.75) is 6.42 Å². The van der Waals surface area contributed by atoms with Gasteiger partial charge in [0.25, 0.3) is 0 Å². The highest BCUT2D eigenvalue weighted by atomic mass is 79.9. The van der Waals surface area contributed by atoms with Gasteiger partial charge in [0.2, 0.25) is 0 Å². The van der Waals surface area contributed by atoms with Crippen molar-refractivity contribution in [3.05, 3.63) is 34.6 Å². The zero-order chi connectivity index (χ0) is 8.81. The molecule has 3 heteroatoms. The van der Waals surface area contributed by atoms with E-state index in [2.05, 4.69) is 20.9 Å². The average molecular weight is 223 g/mol. The van der Waals surface area contributed by atoms with Gasteiger partial charge in [0.1, 0.15) is 4.60 Å². The van der Waals surface area contributed by atoms with Crippen LogP contribution in [0.3, 0.4) is 0 Å². The number of nitriles is 1. The molecule has 0 N–H and O–H groups in total. The van der Waals surface area contributed by atoms with Crippen LogP contribution in [0.1, 0.15) is 12.0 Å². The molecule has 0 amide bonds. The molecule has 12 heavy (non-hydrogen) atoms. The van der Waals surface area contributed by atoms with Gasteiger partial charge in [-0.25, -0.2) is 4.98 Å². The summed E-state index contributed by atoms with van der Waals surface area (Å²) in [4.78, 5) is 4.04. The molecule has 0 aliphatic carbocycles. The third-order valence-corrected chi connectivity index (χ3v) is 1.74. The second-order valence-corrected chi connectivity index (χ2v) is 2.99. The normalized spacial score (nSPS) is 10.0. The van der Waals surface area contributed by atoms with Gasteiger partial charge < -0.3 is 0 Å². The number of aromatic nitrogens is 1. The molecule has 2 nitrogen and oxygen atoms in total. The number of rotatable bonds is 2. The standard InChI is InChI=1S/C9H7BrN2/c10-9-5-4-8(7-12-9)3-1-2-6-11/h1,3-5,7H,2H2. The third kappa shape index (κ3) is 2.85. The molecule has 0 spiro atoms. The fraction of sp³-hybridized carbons (Fsp3) is 0.111. The van der Waals surface area contributed by atoms with Crippen LogP contribution >= 0.6 is 15.9 Å². The highest BCUT2D eigenvalue weighted by molar-refractivity contribution is 9.10. The van der Waals surface area contributed by atoms with Crippen LogP contribution in [0, 0.1) is 11.3 Å². The summed E-state index contributed by atoms with van der Waals surface area (Å²) < 4.78 is 0.819. The second kappa shape index (κ2) is 4.68. The van der Waals surface area contributed by atoms with E-state index in [1.165, 1.54) is 0 Å². The largest absolute Gasteiger partial charge is 0.249 e. The van der Waals surface area contributed by atoms with Crippen molar-refractivity contribution < 1.29 is 0 Å². The minimum atomic E-state index is 0.441. The van der Waals surface area contributed by atoms with Gasteiger partial charge in [0, 0.05) is 6.20 Å². The van der Waals surface area contributed by atoms with Crippen molar-refractivity contribution in [1.82, 2.24) is 4.98 Å². The molecule has 0 atom stereocenters. The van der Waals surface area contributed by atoms with Crippen molar-refractivity contribution in [3.8, 4) is 6.07 Å². The van der Waals surface area contributed by atoms with Crippen molar-refractivity contribution >= 4 is 22.0 Å². The molecule has 0 aliphatic rings. The van der Waals surface area contributed by atoms with Gasteiger partial charge in [-0.15, -0.1) is 0 Å². The Morgan fingerprint density at radius 1 is 1.58 bits per heavy atom. The Balaban J connectivity index is 2.66. The monoisotopic (exact) mass is 222 g/mol. The molecular formula is C9H7BrN2. The van der Waals surface area contributed by atoms with Crippen molar-refractivity contribution in [2.24, 2.45) is 0 Å². The maximum atomic E-state index is 8.26. The molecule has 1 aromatic heterocycles. The fourth-order valence-electron chi connectivity index (χ4n) is 0.734. The summed E-state index contributed by atoms with van der Waals surface area (Å²) in [5.74, 6) is 0. The number of halogens is 1. The second-order valence-electron chi connectivity index (χ2n) is 2.18. The number of hydrogen-bond donors (Lipinski definition) is 0. The molecule has 0 aromatic carbocycles. The van der Waals surface area contributed by atoms with Gasteiger partial charge in [0.15, 0.2) is 0 Å². The predicted octanol–water partition coefficient (Wildman–Crippen LogP) is 2.77. The zero-order valence-electron chi connectivity index (χ0n) is 6.37. The minimum absolute atomic E-state index is 0.441. The summed E-state index contributed by atoms with van der Waals surface area (Å²) in [6.07, 6.45) is 5.88. The molecule has 0 saturated heterocycles. The lowest BCUT2D eigenvalue weighted by Crippen LogP contribution is -1.76. The molecule has 0 radical (unpaired) electrons. The summed E-state index contributed by atoms with van der Waals surface area (Å²) in [7, 11) is 0. The minimum Gasteiger partial charge on any atom is -0.249 e. The van der Waals surface area contributed by atoms with Gasteiger partial charge in [-0.2, -0.15) is 5.26 Å². The van der Waals surface area contributed by atoms with Crippen LogP contribution in [0.4, 0.5) is 0 Å². The summed E-state index contributed by atoms with van der Waals surface area (Å²) in [6, 6.07) is 5.84. The lowest BCUT2D eigenvalue weighted by Gasteiger charge is -1.91. The molecule has 1 aromatic rings. The van der Waals surface area contributed by atoms with Crippen LogP contribution in [0.25, 0.3) is 6.08 Å². The number of hydrogen-bond acceptors (Lipinski definition) is 2. The number of nitrogens with zero attached hydrogens (tertiary/aromatic N) is 2. The molecule has 0 unspecified atom stereocenters.